The topological polar surface area (TPSA) is 46.1 Å². The van der Waals surface area contributed by atoms with E-state index in [-0.39, 0.29) is 11.9 Å². The highest BCUT2D eigenvalue weighted by molar-refractivity contribution is 7.10. The zero-order chi connectivity index (χ0) is 14.8. The van der Waals surface area contributed by atoms with Crippen molar-refractivity contribution in [3.05, 3.63) is 46.2 Å². The molecule has 110 valence electrons. The monoisotopic (exact) mass is 301 g/mol. The molecule has 0 N–H and O–H groups in total. The maximum absolute atomic E-state index is 12.8. The average molecular weight is 301 g/mol. The van der Waals surface area contributed by atoms with E-state index in [0.717, 1.165) is 30.6 Å². The fourth-order valence-electron chi connectivity index (χ4n) is 2.73. The SMILES string of the molecule is CC(C)c1cc(C(=O)N2CCC[C@@H]2c2cnccn2)cs1. The first-order valence-corrected chi connectivity index (χ1v) is 8.20. The first-order valence-electron chi connectivity index (χ1n) is 7.32. The van der Waals surface area contributed by atoms with Crippen LogP contribution in [-0.4, -0.2) is 27.3 Å². The Bertz CT molecular complexity index is 623. The van der Waals surface area contributed by atoms with E-state index in [9.17, 15) is 4.79 Å². The van der Waals surface area contributed by atoms with Gasteiger partial charge in [-0.2, -0.15) is 0 Å². The number of nitrogens with zero attached hydrogens (tertiary/aromatic N) is 3. The summed E-state index contributed by atoms with van der Waals surface area (Å²) < 4.78 is 0. The zero-order valence-corrected chi connectivity index (χ0v) is 13.1. The Labute approximate surface area is 128 Å². The number of thiophene rings is 1. The fourth-order valence-corrected chi connectivity index (χ4v) is 3.63. The van der Waals surface area contributed by atoms with Gasteiger partial charge in [0.05, 0.1) is 23.5 Å². The van der Waals surface area contributed by atoms with E-state index in [4.69, 9.17) is 0 Å². The maximum Gasteiger partial charge on any atom is 0.255 e. The molecule has 2 aromatic rings. The zero-order valence-electron chi connectivity index (χ0n) is 12.3. The van der Waals surface area contributed by atoms with Crippen LogP contribution in [0.25, 0.3) is 0 Å². The Kier molecular flexibility index (Phi) is 4.01. The largest absolute Gasteiger partial charge is 0.330 e. The average Bonchev–Trinajstić information content (AvgIpc) is 3.17. The van der Waals surface area contributed by atoms with Gasteiger partial charge in [0.1, 0.15) is 0 Å². The third kappa shape index (κ3) is 2.83. The van der Waals surface area contributed by atoms with Crippen LogP contribution >= 0.6 is 11.3 Å². The highest BCUT2D eigenvalue weighted by atomic mass is 32.1. The molecule has 1 saturated heterocycles. The summed E-state index contributed by atoms with van der Waals surface area (Å²) in [5.41, 5.74) is 1.70. The summed E-state index contributed by atoms with van der Waals surface area (Å²) in [5, 5.41) is 1.98. The lowest BCUT2D eigenvalue weighted by Gasteiger charge is -2.23. The van der Waals surface area contributed by atoms with E-state index in [2.05, 4.69) is 23.8 Å². The van der Waals surface area contributed by atoms with Crippen molar-refractivity contribution in [1.82, 2.24) is 14.9 Å². The van der Waals surface area contributed by atoms with Crippen LogP contribution in [0.1, 0.15) is 59.6 Å². The molecule has 1 amide bonds. The highest BCUT2D eigenvalue weighted by Crippen LogP contribution is 2.33. The van der Waals surface area contributed by atoms with Crippen molar-refractivity contribution >= 4 is 17.2 Å². The Hall–Kier alpha value is -1.75. The molecular formula is C16H19N3OS. The number of hydrogen-bond donors (Lipinski definition) is 0. The summed E-state index contributed by atoms with van der Waals surface area (Å²) in [5.74, 6) is 0.581. The van der Waals surface area contributed by atoms with E-state index >= 15 is 0 Å². The van der Waals surface area contributed by atoms with Crippen molar-refractivity contribution in [2.75, 3.05) is 6.54 Å². The van der Waals surface area contributed by atoms with Crippen LogP contribution in [0.4, 0.5) is 0 Å². The highest BCUT2D eigenvalue weighted by Gasteiger charge is 2.32. The number of amides is 1. The lowest BCUT2D eigenvalue weighted by atomic mass is 10.1. The van der Waals surface area contributed by atoms with Gasteiger partial charge in [0, 0.05) is 29.2 Å². The standard InChI is InChI=1S/C16H19N3OS/c1-11(2)15-8-12(10-21-15)16(20)19-7-3-4-14(19)13-9-17-5-6-18-13/h5-6,8-11,14H,3-4,7H2,1-2H3/t14-/m1/s1. The summed E-state index contributed by atoms with van der Waals surface area (Å²) in [4.78, 5) is 24.4. The number of carbonyl (C=O) groups excluding carboxylic acids is 1. The van der Waals surface area contributed by atoms with Gasteiger partial charge in [0.15, 0.2) is 0 Å². The summed E-state index contributed by atoms with van der Waals surface area (Å²) >= 11 is 1.67. The molecule has 2 aromatic heterocycles. The molecule has 1 aliphatic heterocycles. The molecule has 3 rings (SSSR count). The summed E-state index contributed by atoms with van der Waals surface area (Å²) in [7, 11) is 0. The second kappa shape index (κ2) is 5.93. The molecule has 3 heterocycles. The van der Waals surface area contributed by atoms with Gasteiger partial charge in [-0.05, 0) is 24.8 Å². The van der Waals surface area contributed by atoms with Crippen molar-refractivity contribution in [3.63, 3.8) is 0 Å². The van der Waals surface area contributed by atoms with Crippen LogP contribution in [-0.2, 0) is 0 Å². The number of aromatic nitrogens is 2. The van der Waals surface area contributed by atoms with E-state index in [0.29, 0.717) is 5.92 Å². The Balaban J connectivity index is 1.83. The predicted molar refractivity (Wildman–Crippen MR) is 83.5 cm³/mol. The van der Waals surface area contributed by atoms with Gasteiger partial charge < -0.3 is 4.90 Å². The van der Waals surface area contributed by atoms with Crippen LogP contribution in [0, 0.1) is 0 Å². The van der Waals surface area contributed by atoms with Crippen LogP contribution in [0.2, 0.25) is 0 Å². The fraction of sp³-hybridized carbons (Fsp3) is 0.438. The molecule has 0 aromatic carbocycles. The third-order valence-electron chi connectivity index (χ3n) is 3.87. The molecule has 0 radical (unpaired) electrons. The van der Waals surface area contributed by atoms with Crippen molar-refractivity contribution in [3.8, 4) is 0 Å². The Morgan fingerprint density at radius 1 is 1.43 bits per heavy atom. The van der Waals surface area contributed by atoms with Crippen molar-refractivity contribution < 1.29 is 4.79 Å². The van der Waals surface area contributed by atoms with E-state index in [1.165, 1.54) is 4.88 Å². The normalized spacial score (nSPS) is 18.4. The second-order valence-corrected chi connectivity index (χ2v) is 6.62. The maximum atomic E-state index is 12.8. The van der Waals surface area contributed by atoms with Crippen molar-refractivity contribution in [2.24, 2.45) is 0 Å². The van der Waals surface area contributed by atoms with Crippen LogP contribution in [0.5, 0.6) is 0 Å². The summed E-state index contributed by atoms with van der Waals surface area (Å²) in [6, 6.07) is 2.09. The molecule has 4 nitrogen and oxygen atoms in total. The van der Waals surface area contributed by atoms with Gasteiger partial charge in [-0.3, -0.25) is 14.8 Å². The molecule has 1 atom stereocenters. The summed E-state index contributed by atoms with van der Waals surface area (Å²) in [6.07, 6.45) is 7.11. The Morgan fingerprint density at radius 2 is 2.29 bits per heavy atom. The summed E-state index contributed by atoms with van der Waals surface area (Å²) in [6.45, 7) is 5.10. The molecule has 0 unspecified atom stereocenters. The van der Waals surface area contributed by atoms with Crippen LogP contribution in [0.3, 0.4) is 0 Å². The molecule has 0 spiro atoms. The molecule has 0 saturated carbocycles. The van der Waals surface area contributed by atoms with Crippen LogP contribution < -0.4 is 0 Å². The minimum absolute atomic E-state index is 0.0635. The van der Waals surface area contributed by atoms with Crippen LogP contribution in [0.15, 0.2) is 30.0 Å². The number of hydrogen-bond acceptors (Lipinski definition) is 4. The third-order valence-corrected chi connectivity index (χ3v) is 5.11. The van der Waals surface area contributed by atoms with Crippen molar-refractivity contribution in [2.45, 2.75) is 38.6 Å². The molecule has 5 heteroatoms. The second-order valence-electron chi connectivity index (χ2n) is 5.68. The predicted octanol–water partition coefficient (Wildman–Crippen LogP) is 3.64. The number of likely N-dealkylation sites (tertiary alicyclic amines) is 1. The number of carbonyl (C=O) groups is 1. The van der Waals surface area contributed by atoms with Gasteiger partial charge in [-0.15, -0.1) is 11.3 Å². The molecule has 0 aliphatic carbocycles. The lowest BCUT2D eigenvalue weighted by molar-refractivity contribution is 0.0733. The van der Waals surface area contributed by atoms with Gasteiger partial charge in [-0.25, -0.2) is 0 Å². The van der Waals surface area contributed by atoms with Gasteiger partial charge in [0.2, 0.25) is 0 Å². The smallest absolute Gasteiger partial charge is 0.255 e. The number of rotatable bonds is 3. The van der Waals surface area contributed by atoms with Crippen molar-refractivity contribution in [1.29, 1.82) is 0 Å². The van der Waals surface area contributed by atoms with E-state index < -0.39 is 0 Å². The Morgan fingerprint density at radius 3 is 2.95 bits per heavy atom. The first kappa shape index (κ1) is 14.2. The van der Waals surface area contributed by atoms with E-state index in [1.807, 2.05) is 16.3 Å². The van der Waals surface area contributed by atoms with Gasteiger partial charge in [-0.1, -0.05) is 13.8 Å². The molecule has 21 heavy (non-hydrogen) atoms. The minimum atomic E-state index is 0.0635. The molecule has 1 fully saturated rings. The molecular weight excluding hydrogens is 282 g/mol. The minimum Gasteiger partial charge on any atom is -0.330 e. The molecule has 0 bridgehead atoms. The van der Waals surface area contributed by atoms with Gasteiger partial charge in [0.25, 0.3) is 5.91 Å². The lowest BCUT2D eigenvalue weighted by Crippen LogP contribution is -2.30. The van der Waals surface area contributed by atoms with Gasteiger partial charge >= 0.3 is 0 Å². The quantitative estimate of drug-likeness (QED) is 0.869. The molecule has 1 aliphatic rings. The first-order chi connectivity index (χ1) is 10.2. The van der Waals surface area contributed by atoms with E-state index in [1.54, 1.807) is 29.9 Å².